The van der Waals surface area contributed by atoms with Crippen LogP contribution in [0.3, 0.4) is 0 Å². The number of anilines is 1. The summed E-state index contributed by atoms with van der Waals surface area (Å²) >= 11 is 15.4. The van der Waals surface area contributed by atoms with Crippen molar-refractivity contribution < 1.29 is 14.0 Å². The fourth-order valence-corrected chi connectivity index (χ4v) is 6.10. The first-order valence-corrected chi connectivity index (χ1v) is 14.5. The van der Waals surface area contributed by atoms with E-state index in [0.29, 0.717) is 52.2 Å². The van der Waals surface area contributed by atoms with Crippen LogP contribution in [0.25, 0.3) is 11.0 Å². The van der Waals surface area contributed by atoms with Crippen molar-refractivity contribution in [1.29, 1.82) is 0 Å². The molecule has 0 saturated carbocycles. The number of hydrogen-bond donors (Lipinski definition) is 1. The average Bonchev–Trinajstić information content (AvgIpc) is 3.32. The first-order chi connectivity index (χ1) is 19.5. The molecule has 1 fully saturated rings. The van der Waals surface area contributed by atoms with Crippen LogP contribution in [0.1, 0.15) is 35.5 Å². The minimum Gasteiger partial charge on any atom is -0.422 e. The largest absolute Gasteiger partial charge is 0.422 e. The van der Waals surface area contributed by atoms with Gasteiger partial charge in [-0.05, 0) is 62.7 Å². The molecule has 2 amide bonds. The number of halogens is 3. The van der Waals surface area contributed by atoms with E-state index in [1.165, 1.54) is 4.68 Å². The number of aromatic nitrogens is 3. The van der Waals surface area contributed by atoms with Crippen LogP contribution in [-0.4, -0.2) is 61.8 Å². The van der Waals surface area contributed by atoms with E-state index in [1.54, 1.807) is 48.4 Å². The maximum absolute atomic E-state index is 13.6. The van der Waals surface area contributed by atoms with E-state index in [1.807, 2.05) is 19.9 Å². The maximum atomic E-state index is 13.6. The molecule has 2 atom stereocenters. The van der Waals surface area contributed by atoms with Crippen molar-refractivity contribution in [2.45, 2.75) is 45.9 Å². The summed E-state index contributed by atoms with van der Waals surface area (Å²) in [4.78, 5) is 42.8. The molecule has 2 aromatic heterocycles. The molecule has 13 heteroatoms. The summed E-state index contributed by atoms with van der Waals surface area (Å²) in [5, 5.41) is 12.6. The van der Waals surface area contributed by atoms with Crippen molar-refractivity contribution in [2.24, 2.45) is 0 Å². The van der Waals surface area contributed by atoms with Crippen LogP contribution < -0.4 is 10.9 Å². The smallest absolute Gasteiger partial charge is 0.349 e. The van der Waals surface area contributed by atoms with E-state index >= 15 is 0 Å². The third-order valence-electron chi connectivity index (χ3n) is 7.11. The third-order valence-corrected chi connectivity index (χ3v) is 8.04. The predicted octanol–water partition coefficient (Wildman–Crippen LogP) is 5.14. The SMILES string of the molecule is Cc1c(C(=O)N2C[C@@H](C)N(Cc3cn(CC(=O)Nc4cc(Cl)cc(Cl)c4)nn3)[C@@H](C)C2)c(=O)oc2ccc(Br)cc12. The molecule has 0 spiro atoms. The predicted molar refractivity (Wildman–Crippen MR) is 160 cm³/mol. The summed E-state index contributed by atoms with van der Waals surface area (Å²) in [6.07, 6.45) is 1.73. The highest BCUT2D eigenvalue weighted by molar-refractivity contribution is 9.10. The van der Waals surface area contributed by atoms with Crippen molar-refractivity contribution in [3.63, 3.8) is 0 Å². The van der Waals surface area contributed by atoms with Crippen LogP contribution in [0.2, 0.25) is 10.0 Å². The number of fused-ring (bicyclic) bond motifs is 1. The van der Waals surface area contributed by atoms with E-state index < -0.39 is 5.63 Å². The summed E-state index contributed by atoms with van der Waals surface area (Å²) in [6, 6.07) is 10.1. The molecule has 1 N–H and O–H groups in total. The molecule has 0 aliphatic carbocycles. The molecule has 214 valence electrons. The van der Waals surface area contributed by atoms with Gasteiger partial charge >= 0.3 is 5.63 Å². The Morgan fingerprint density at radius 3 is 2.46 bits per heavy atom. The fraction of sp³-hybridized carbons (Fsp3) is 0.321. The van der Waals surface area contributed by atoms with Crippen LogP contribution >= 0.6 is 39.1 Å². The first kappa shape index (κ1) is 29.2. The van der Waals surface area contributed by atoms with Crippen LogP contribution in [0.5, 0.6) is 0 Å². The maximum Gasteiger partial charge on any atom is 0.349 e. The molecule has 4 aromatic rings. The highest BCUT2D eigenvalue weighted by Gasteiger charge is 2.34. The summed E-state index contributed by atoms with van der Waals surface area (Å²) in [7, 11) is 0. The highest BCUT2D eigenvalue weighted by atomic mass is 79.9. The molecule has 0 radical (unpaired) electrons. The van der Waals surface area contributed by atoms with Crippen LogP contribution in [0.15, 0.2) is 56.3 Å². The van der Waals surface area contributed by atoms with Gasteiger partial charge in [0.2, 0.25) is 5.91 Å². The standard InChI is InChI=1S/C28H27BrCl2N6O4/c1-15-10-35(27(39)26-17(3)23-6-18(29)4-5-24(23)41-28(26)40)11-16(2)37(15)13-22-12-36(34-33-22)14-25(38)32-21-8-19(30)7-20(31)9-21/h4-9,12,15-16H,10-11,13-14H2,1-3H3,(H,32,38)/t15-,16+. The number of benzene rings is 2. The van der Waals surface area contributed by atoms with E-state index in [2.05, 4.69) is 36.5 Å². The number of carbonyl (C=O) groups is 2. The lowest BCUT2D eigenvalue weighted by molar-refractivity contribution is -0.116. The molecule has 0 unspecified atom stereocenters. The Morgan fingerprint density at radius 2 is 1.78 bits per heavy atom. The molecular weight excluding hydrogens is 635 g/mol. The van der Waals surface area contributed by atoms with Crippen molar-refractivity contribution in [3.05, 3.63) is 84.4 Å². The Labute approximate surface area is 254 Å². The number of nitrogens with one attached hydrogen (secondary N) is 1. The van der Waals surface area contributed by atoms with Gasteiger partial charge in [-0.2, -0.15) is 0 Å². The van der Waals surface area contributed by atoms with Gasteiger partial charge < -0.3 is 14.6 Å². The first-order valence-electron chi connectivity index (χ1n) is 12.9. The number of nitrogens with zero attached hydrogens (tertiary/aromatic N) is 5. The summed E-state index contributed by atoms with van der Waals surface area (Å²) < 4.78 is 7.77. The lowest BCUT2D eigenvalue weighted by Crippen LogP contribution is -2.58. The Morgan fingerprint density at radius 1 is 1.10 bits per heavy atom. The second-order valence-electron chi connectivity index (χ2n) is 10.2. The Balaban J connectivity index is 1.23. The van der Waals surface area contributed by atoms with E-state index in [-0.39, 0.29) is 36.0 Å². The number of aryl methyl sites for hydroxylation is 1. The Bertz CT molecular complexity index is 1670. The molecule has 3 heterocycles. The molecule has 5 rings (SSSR count). The van der Waals surface area contributed by atoms with Gasteiger partial charge in [-0.15, -0.1) is 5.10 Å². The zero-order chi connectivity index (χ0) is 29.4. The van der Waals surface area contributed by atoms with Gasteiger partial charge in [0.1, 0.15) is 17.7 Å². The second kappa shape index (κ2) is 11.9. The van der Waals surface area contributed by atoms with Crippen LogP contribution in [-0.2, 0) is 17.9 Å². The summed E-state index contributed by atoms with van der Waals surface area (Å²) in [6.45, 7) is 7.13. The van der Waals surface area contributed by atoms with Crippen molar-refractivity contribution in [3.8, 4) is 0 Å². The molecular formula is C28H27BrCl2N6O4. The zero-order valence-corrected chi connectivity index (χ0v) is 25.6. The van der Waals surface area contributed by atoms with Crippen molar-refractivity contribution in [1.82, 2.24) is 24.8 Å². The summed E-state index contributed by atoms with van der Waals surface area (Å²) in [5.41, 5.74) is 1.66. The topological polar surface area (TPSA) is 114 Å². The number of rotatable bonds is 6. The van der Waals surface area contributed by atoms with Gasteiger partial charge in [-0.25, -0.2) is 9.48 Å². The molecule has 1 aliphatic rings. The van der Waals surface area contributed by atoms with Gasteiger partial charge in [0.25, 0.3) is 5.91 Å². The monoisotopic (exact) mass is 660 g/mol. The molecule has 0 bridgehead atoms. The third kappa shape index (κ3) is 6.48. The zero-order valence-electron chi connectivity index (χ0n) is 22.5. The lowest BCUT2D eigenvalue weighted by Gasteiger charge is -2.44. The van der Waals surface area contributed by atoms with Gasteiger partial charge in [0.15, 0.2) is 0 Å². The molecule has 1 saturated heterocycles. The molecule has 10 nitrogen and oxygen atoms in total. The van der Waals surface area contributed by atoms with E-state index in [4.69, 9.17) is 27.6 Å². The van der Waals surface area contributed by atoms with Gasteiger partial charge in [-0.1, -0.05) is 44.3 Å². The fourth-order valence-electron chi connectivity index (χ4n) is 5.21. The molecule has 41 heavy (non-hydrogen) atoms. The minimum atomic E-state index is -0.635. The summed E-state index contributed by atoms with van der Waals surface area (Å²) in [5.74, 6) is -0.635. The quantitative estimate of drug-likeness (QED) is 0.285. The van der Waals surface area contributed by atoms with E-state index in [0.717, 1.165) is 9.86 Å². The number of hydrogen-bond acceptors (Lipinski definition) is 7. The van der Waals surface area contributed by atoms with Gasteiger partial charge in [0.05, 0.1) is 11.9 Å². The van der Waals surface area contributed by atoms with Crippen molar-refractivity contribution in [2.75, 3.05) is 18.4 Å². The van der Waals surface area contributed by atoms with Crippen molar-refractivity contribution >= 4 is 67.6 Å². The van der Waals surface area contributed by atoms with Gasteiger partial charge in [-0.3, -0.25) is 14.5 Å². The highest BCUT2D eigenvalue weighted by Crippen LogP contribution is 2.26. The Hall–Kier alpha value is -3.25. The van der Waals surface area contributed by atoms with Gasteiger partial charge in [0, 0.05) is 57.3 Å². The lowest BCUT2D eigenvalue weighted by atomic mass is 10.0. The van der Waals surface area contributed by atoms with E-state index in [9.17, 15) is 14.4 Å². The minimum absolute atomic E-state index is 0.0225. The second-order valence-corrected chi connectivity index (χ2v) is 12.0. The number of amides is 2. The molecule has 2 aromatic carbocycles. The van der Waals surface area contributed by atoms with Crippen LogP contribution in [0.4, 0.5) is 5.69 Å². The number of piperazine rings is 1. The van der Waals surface area contributed by atoms with Crippen LogP contribution in [0, 0.1) is 6.92 Å². The average molecular weight is 662 g/mol. The normalized spacial score (nSPS) is 17.7. The molecule has 1 aliphatic heterocycles. The number of carbonyl (C=O) groups excluding carboxylic acids is 2. The Kier molecular flexibility index (Phi) is 8.51.